The van der Waals surface area contributed by atoms with Gasteiger partial charge in [0, 0.05) is 61.9 Å². The molecule has 7 heteroatoms. The smallest absolute Gasteiger partial charge is 0.252 e. The van der Waals surface area contributed by atoms with Gasteiger partial charge in [0.15, 0.2) is 11.5 Å². The van der Waals surface area contributed by atoms with E-state index in [1.807, 2.05) is 42.5 Å². The molecule has 3 aliphatic carbocycles. The zero-order chi connectivity index (χ0) is 73.9. The highest BCUT2D eigenvalue weighted by Crippen LogP contribution is 2.57. The molecule has 6 aliphatic rings. The second-order valence-electron chi connectivity index (χ2n) is 33.3. The molecule has 17 rings (SSSR count). The van der Waals surface area contributed by atoms with Gasteiger partial charge in [-0.15, -0.1) is 0 Å². The number of rotatable bonds is 9. The third-order valence-electron chi connectivity index (χ3n) is 22.7. The average Bonchev–Trinajstić information content (AvgIpc) is 0.717. The van der Waals surface area contributed by atoms with Crippen molar-refractivity contribution >= 4 is 104 Å². The Labute approximate surface area is 604 Å². The lowest BCUT2D eigenvalue weighted by atomic mass is 9.33. The summed E-state index contributed by atoms with van der Waals surface area (Å²) >= 11 is 0. The van der Waals surface area contributed by atoms with Crippen molar-refractivity contribution in [3.05, 3.63) is 259 Å². The van der Waals surface area contributed by atoms with E-state index < -0.39 is 20.2 Å². The highest BCUT2D eigenvalue weighted by atomic mass is 28.3. The first-order valence-corrected chi connectivity index (χ1v) is 40.3. The van der Waals surface area contributed by atoms with Crippen LogP contribution in [-0.4, -0.2) is 25.4 Å². The van der Waals surface area contributed by atoms with Gasteiger partial charge < -0.3 is 24.0 Å². The maximum Gasteiger partial charge on any atom is 0.252 e. The van der Waals surface area contributed by atoms with Crippen LogP contribution in [0.1, 0.15) is 133 Å². The zero-order valence-electron chi connectivity index (χ0n) is 66.3. The molecule has 11 aromatic rings. The van der Waals surface area contributed by atoms with Crippen molar-refractivity contribution in [3.8, 4) is 39.4 Å². The molecule has 100 heavy (non-hydrogen) atoms. The summed E-state index contributed by atoms with van der Waals surface area (Å²) in [4.78, 5) is 7.16. The number of hydrogen-bond donors (Lipinski definition) is 0. The Morgan fingerprint density at radius 2 is 1.18 bits per heavy atom. The number of ether oxygens (including phenoxy) is 1. The van der Waals surface area contributed by atoms with E-state index in [2.05, 4.69) is 259 Å². The molecule has 0 spiro atoms. The monoisotopic (exact) mass is 1330 g/mol. The number of allylic oxidation sites excluding steroid dienone is 4. The van der Waals surface area contributed by atoms with Gasteiger partial charge in [0.2, 0.25) is 0 Å². The Morgan fingerprint density at radius 1 is 0.540 bits per heavy atom. The average molecular weight is 1330 g/mol. The molecule has 4 unspecified atom stereocenters. The molecule has 1 aromatic heterocycles. The molecular weight excluding hydrogens is 1230 g/mol. The molecule has 500 valence electrons. The van der Waals surface area contributed by atoms with Gasteiger partial charge in [-0.1, -0.05) is 238 Å². The molecule has 0 saturated carbocycles. The van der Waals surface area contributed by atoms with Gasteiger partial charge in [-0.2, -0.15) is 0 Å². The summed E-state index contributed by atoms with van der Waals surface area (Å²) in [5, 5.41) is 2.45. The number of hydrogen-bond acceptors (Lipinski definition) is 4. The number of fused-ring (bicyclic) bond motifs is 9. The normalized spacial score (nSPS) is 19.8. The lowest BCUT2D eigenvalue weighted by Gasteiger charge is -2.53. The second kappa shape index (κ2) is 24.2. The Balaban J connectivity index is 1.05. The highest BCUT2D eigenvalue weighted by Gasteiger charge is 2.51. The second-order valence-corrected chi connectivity index (χ2v) is 38.3. The predicted octanol–water partition coefficient (Wildman–Crippen LogP) is 23.4. The number of anilines is 8. The molecular formula is C93H95BN4OSi. The first kappa shape index (κ1) is 57.5. The van der Waals surface area contributed by atoms with E-state index in [9.17, 15) is 8.22 Å². The van der Waals surface area contributed by atoms with Crippen LogP contribution in [0.15, 0.2) is 248 Å². The quantitative estimate of drug-likeness (QED) is 0.106. The van der Waals surface area contributed by atoms with E-state index in [0.29, 0.717) is 27.5 Å². The van der Waals surface area contributed by atoms with Crippen molar-refractivity contribution in [1.82, 2.24) is 4.57 Å². The molecule has 5 nitrogen and oxygen atoms in total. The summed E-state index contributed by atoms with van der Waals surface area (Å²) < 4.78 is 76.1. The lowest BCUT2D eigenvalue weighted by Crippen LogP contribution is -2.64. The van der Waals surface area contributed by atoms with E-state index in [0.717, 1.165) is 158 Å². The molecule has 0 radical (unpaired) electrons. The fourth-order valence-corrected chi connectivity index (χ4v) is 18.3. The van der Waals surface area contributed by atoms with Crippen molar-refractivity contribution in [2.75, 3.05) is 14.7 Å². The summed E-state index contributed by atoms with van der Waals surface area (Å²) in [6, 6.07) is 61.9. The van der Waals surface area contributed by atoms with Crippen LogP contribution in [0, 0.1) is 23.2 Å². The first-order chi connectivity index (χ1) is 50.7. The molecule has 0 saturated heterocycles. The summed E-state index contributed by atoms with van der Waals surface area (Å²) in [5.41, 5.74) is 18.1. The number of benzene rings is 10. The molecule has 10 aromatic carbocycles. The van der Waals surface area contributed by atoms with Crippen molar-refractivity contribution in [2.24, 2.45) is 23.2 Å². The number of nitrogens with zero attached hydrogens (tertiary/aromatic N) is 4. The summed E-state index contributed by atoms with van der Waals surface area (Å²) in [6.45, 7) is 26.6. The summed E-state index contributed by atoms with van der Waals surface area (Å²) in [5.74, 6) is 1.97. The van der Waals surface area contributed by atoms with Gasteiger partial charge in [-0.25, -0.2) is 0 Å². The van der Waals surface area contributed by atoms with Gasteiger partial charge in [0.05, 0.1) is 50.4 Å². The van der Waals surface area contributed by atoms with Crippen LogP contribution in [0.5, 0.6) is 11.5 Å². The third-order valence-corrected chi connectivity index (χ3v) is 24.5. The zero-order valence-corrected chi connectivity index (χ0v) is 61.3. The molecule has 0 bridgehead atoms. The Morgan fingerprint density at radius 3 is 1.82 bits per heavy atom. The van der Waals surface area contributed by atoms with Crippen LogP contribution in [0.4, 0.5) is 45.5 Å². The Kier molecular flexibility index (Phi) is 13.9. The molecule has 0 N–H and O–H groups in total. The van der Waals surface area contributed by atoms with Gasteiger partial charge in [-0.3, -0.25) is 0 Å². The standard InChI is InChI=1S/C93H95BN4OSi/c1-91(2,3)64-51-71(60-31-17-13-18-32-60)89(72(52-64)61-33-19-14-20-34-61)97-80-50-47-69(100(10,11)12)59-77(80)94-76-48-45-68(95-78-40-26-25-39-70(78)75-57-67(46-49-79(75)95)96-81-41-27-29-43-86(81)99-87-44-30-28-42-82(87)96)58-83(76)98(85-56-66(93(7,8)9)55-84(97)88(85)94)90-73(62-35-21-15-22-36-62)53-65(92(4,5)6)54-74(90)63-37-23-16-24-38-63/h13,15-17,21-30,33,35-51,53-60,64,72,89H,14,18-20,31-32,34,52H2,1-12H3/i45D,47D,48D,50D,58D,59D. The van der Waals surface area contributed by atoms with Crippen molar-refractivity contribution in [2.45, 2.75) is 150 Å². The summed E-state index contributed by atoms with van der Waals surface area (Å²) in [7, 11) is -2.69. The van der Waals surface area contributed by atoms with Crippen molar-refractivity contribution < 1.29 is 13.0 Å². The molecule has 4 atom stereocenters. The maximum absolute atomic E-state index is 11.9. The van der Waals surface area contributed by atoms with E-state index in [1.165, 1.54) is 11.1 Å². The van der Waals surface area contributed by atoms with Crippen molar-refractivity contribution in [3.63, 3.8) is 0 Å². The van der Waals surface area contributed by atoms with E-state index >= 15 is 0 Å². The predicted molar refractivity (Wildman–Crippen MR) is 431 cm³/mol. The van der Waals surface area contributed by atoms with E-state index in [1.54, 1.807) is 0 Å². The molecule has 0 amide bonds. The maximum atomic E-state index is 11.9. The van der Waals surface area contributed by atoms with Gasteiger partial charge in [0.1, 0.15) is 0 Å². The number of aromatic nitrogens is 1. The van der Waals surface area contributed by atoms with Gasteiger partial charge in [0.25, 0.3) is 6.71 Å². The van der Waals surface area contributed by atoms with Gasteiger partial charge in [-0.05, 0) is 215 Å². The minimum atomic E-state index is -2.69. The van der Waals surface area contributed by atoms with E-state index in [4.69, 9.17) is 4.74 Å². The third kappa shape index (κ3) is 10.9. The van der Waals surface area contributed by atoms with Crippen LogP contribution in [-0.2, 0) is 10.8 Å². The minimum Gasteiger partial charge on any atom is -0.453 e. The number of para-hydroxylation sites is 5. The molecule has 4 heterocycles. The largest absolute Gasteiger partial charge is 0.453 e. The summed E-state index contributed by atoms with van der Waals surface area (Å²) in [6.07, 6.45) is 18.0. The molecule has 3 aliphatic heterocycles. The Bertz CT molecular complexity index is 5430. The molecule has 0 fully saturated rings. The fourth-order valence-electron chi connectivity index (χ4n) is 17.3. The first-order valence-electron chi connectivity index (χ1n) is 39.8. The van der Waals surface area contributed by atoms with Crippen LogP contribution in [0.2, 0.25) is 19.6 Å². The van der Waals surface area contributed by atoms with E-state index in [-0.39, 0.29) is 76.6 Å². The Hall–Kier alpha value is -9.30. The van der Waals surface area contributed by atoms with Crippen molar-refractivity contribution in [1.29, 1.82) is 0 Å². The van der Waals surface area contributed by atoms with Crippen LogP contribution in [0.25, 0.3) is 49.7 Å². The SMILES string of the molecule is [2H]c1c([2H])c(-n2c3ccccc3c3cc(N4c5ccccc5Oc5ccccc54)ccc32)c([2H])c2c1B1c3c(cc(C(C)(C)C)cc3N(C3C(C4CC=CCC4)=CC(C(C)(C)C)CC3C3=CCCCC3)c3c([2H])c([2H])c([Si](C)(C)C)c([2H])c31)N2c1c(-c2ccccc2)cc(C(C)(C)C)cc1-c1ccccc1. The van der Waals surface area contributed by atoms with Gasteiger partial charge >= 0.3 is 0 Å². The highest BCUT2D eigenvalue weighted by molar-refractivity contribution is 7.01. The lowest BCUT2D eigenvalue weighted by molar-refractivity contribution is 0.220. The fraction of sp³-hybridized carbons (Fsp3) is 0.290. The minimum absolute atomic E-state index is 0.0243. The topological polar surface area (TPSA) is 23.9 Å². The van der Waals surface area contributed by atoms with Crippen LogP contribution in [0.3, 0.4) is 0 Å². The van der Waals surface area contributed by atoms with Crippen LogP contribution < -0.4 is 41.0 Å². The van der Waals surface area contributed by atoms with Crippen LogP contribution >= 0.6 is 0 Å².